The number of hydrogen-bond acceptors (Lipinski definition) is 8. The number of phenols is 2. The van der Waals surface area contributed by atoms with Crippen LogP contribution in [0, 0.1) is 0 Å². The van der Waals surface area contributed by atoms with E-state index in [2.05, 4.69) is 31.9 Å². The van der Waals surface area contributed by atoms with Gasteiger partial charge in [-0.05, 0) is 52.3 Å². The Morgan fingerprint density at radius 1 is 0.735 bits per heavy atom. The first-order valence-corrected chi connectivity index (χ1v) is 13.5. The van der Waals surface area contributed by atoms with Crippen molar-refractivity contribution in [3.8, 4) is 11.5 Å². The van der Waals surface area contributed by atoms with Crippen LogP contribution in [0.15, 0.2) is 67.3 Å². The molecule has 0 atom stereocenters. The first kappa shape index (κ1) is 24.6. The number of hydrogen-bond donors (Lipinski definition) is 4. The fraction of sp³-hybridized carbons (Fsp3) is 0.0500. The molecular formula is C20H12Br2O10S2. The van der Waals surface area contributed by atoms with Crippen LogP contribution >= 0.6 is 31.9 Å². The molecule has 0 bridgehead atoms. The smallest absolute Gasteiger partial charge is 0.341 e. The molecule has 178 valence electrons. The number of ether oxygens (including phenoxy) is 1. The van der Waals surface area contributed by atoms with Crippen molar-refractivity contribution < 1.29 is 45.7 Å². The first-order chi connectivity index (χ1) is 15.7. The van der Waals surface area contributed by atoms with Crippen molar-refractivity contribution in [3.63, 3.8) is 0 Å². The molecule has 1 aliphatic heterocycles. The van der Waals surface area contributed by atoms with Crippen molar-refractivity contribution in [1.82, 2.24) is 0 Å². The standard InChI is InChI=1S/C20H12Br2O10S2/c21-11-3-4-12(22)18-17(11)19(25)32-20(18,9-1-5-13(23)15(7-9)33(26,27)28)10-2-6-14(24)16(8-10)34(29,30)31/h1-8,23-24H,(H,26,27,28)(H,29,30,31). The monoisotopic (exact) mass is 634 g/mol. The molecule has 0 saturated carbocycles. The molecular weight excluding hydrogens is 624 g/mol. The molecule has 0 fully saturated rings. The van der Waals surface area contributed by atoms with Gasteiger partial charge in [0, 0.05) is 25.6 Å². The topological polar surface area (TPSA) is 176 Å². The van der Waals surface area contributed by atoms with Crippen LogP contribution in [-0.2, 0) is 30.6 Å². The second-order valence-corrected chi connectivity index (χ2v) is 11.7. The Morgan fingerprint density at radius 3 is 1.62 bits per heavy atom. The zero-order valence-electron chi connectivity index (χ0n) is 16.4. The van der Waals surface area contributed by atoms with Crippen molar-refractivity contribution in [2.75, 3.05) is 0 Å². The van der Waals surface area contributed by atoms with Gasteiger partial charge in [0.05, 0.1) is 5.56 Å². The largest absolute Gasteiger partial charge is 0.506 e. The molecule has 1 aliphatic rings. The molecule has 1 heterocycles. The zero-order chi connectivity index (χ0) is 25.2. The Bertz CT molecular complexity index is 1520. The third-order valence-corrected chi connectivity index (χ3v) is 8.28. The number of phenolic OH excluding ortho intramolecular Hbond substituents is 2. The van der Waals surface area contributed by atoms with E-state index in [0.717, 1.165) is 24.3 Å². The summed E-state index contributed by atoms with van der Waals surface area (Å²) in [5.74, 6) is -2.45. The predicted octanol–water partition coefficient (Wildman–Crippen LogP) is 3.58. The lowest BCUT2D eigenvalue weighted by molar-refractivity contribution is 0.0248. The summed E-state index contributed by atoms with van der Waals surface area (Å²) in [7, 11) is -9.86. The molecule has 14 heteroatoms. The minimum absolute atomic E-state index is 0.0253. The van der Waals surface area contributed by atoms with E-state index >= 15 is 0 Å². The Balaban J connectivity index is 2.20. The molecule has 4 N–H and O–H groups in total. The fourth-order valence-corrected chi connectivity index (χ4v) is 6.11. The van der Waals surface area contributed by atoms with Crippen LogP contribution in [0.5, 0.6) is 11.5 Å². The van der Waals surface area contributed by atoms with Crippen LogP contribution in [-0.4, -0.2) is 42.1 Å². The maximum Gasteiger partial charge on any atom is 0.341 e. The van der Waals surface area contributed by atoms with Gasteiger partial charge in [-0.3, -0.25) is 9.11 Å². The number of rotatable bonds is 4. The molecule has 0 radical (unpaired) electrons. The zero-order valence-corrected chi connectivity index (χ0v) is 21.2. The lowest BCUT2D eigenvalue weighted by Gasteiger charge is -2.31. The SMILES string of the molecule is O=C1OC(c2ccc(O)c(S(=O)(=O)O)c2)(c2ccc(O)c(S(=O)(=O)O)c2)c2c(Br)ccc(Br)c21. The summed E-state index contributed by atoms with van der Waals surface area (Å²) in [5, 5.41) is 20.0. The molecule has 0 saturated heterocycles. The summed E-state index contributed by atoms with van der Waals surface area (Å²) in [5.41, 5.74) is -2.08. The van der Waals surface area contributed by atoms with E-state index in [-0.39, 0.29) is 22.3 Å². The van der Waals surface area contributed by atoms with Gasteiger partial charge in [-0.25, -0.2) is 4.79 Å². The number of cyclic esters (lactones) is 1. The van der Waals surface area contributed by atoms with Crippen LogP contribution in [0.3, 0.4) is 0 Å². The Hall–Kier alpha value is -2.49. The van der Waals surface area contributed by atoms with Gasteiger partial charge in [-0.1, -0.05) is 28.1 Å². The van der Waals surface area contributed by atoms with E-state index in [1.165, 1.54) is 12.1 Å². The highest BCUT2D eigenvalue weighted by Gasteiger charge is 2.51. The molecule has 0 spiro atoms. The van der Waals surface area contributed by atoms with Crippen molar-refractivity contribution >= 4 is 58.1 Å². The highest BCUT2D eigenvalue weighted by molar-refractivity contribution is 9.11. The second kappa shape index (κ2) is 8.03. The summed E-state index contributed by atoms with van der Waals surface area (Å²) < 4.78 is 72.9. The average molecular weight is 636 g/mol. The summed E-state index contributed by atoms with van der Waals surface area (Å²) in [4.78, 5) is 11.2. The number of carbonyl (C=O) groups excluding carboxylic acids is 1. The number of fused-ring (bicyclic) bond motifs is 1. The molecule has 10 nitrogen and oxygen atoms in total. The Labute approximate surface area is 209 Å². The molecule has 3 aromatic rings. The van der Waals surface area contributed by atoms with Gasteiger partial charge in [0.1, 0.15) is 21.3 Å². The lowest BCUT2D eigenvalue weighted by Crippen LogP contribution is -2.30. The van der Waals surface area contributed by atoms with Gasteiger partial charge in [0.25, 0.3) is 20.2 Å². The van der Waals surface area contributed by atoms with Gasteiger partial charge >= 0.3 is 5.97 Å². The predicted molar refractivity (Wildman–Crippen MR) is 123 cm³/mol. The number of esters is 1. The van der Waals surface area contributed by atoms with E-state index in [4.69, 9.17) is 4.74 Å². The van der Waals surface area contributed by atoms with E-state index in [1.54, 1.807) is 12.1 Å². The second-order valence-electron chi connectivity index (χ2n) is 7.17. The Morgan fingerprint density at radius 2 is 1.18 bits per heavy atom. The van der Waals surface area contributed by atoms with Crippen LogP contribution in [0.25, 0.3) is 0 Å². The normalized spacial score (nSPS) is 15.1. The number of halogens is 2. The molecule has 0 unspecified atom stereocenters. The highest BCUT2D eigenvalue weighted by Crippen LogP contribution is 2.52. The third kappa shape index (κ3) is 3.79. The number of aromatic hydroxyl groups is 2. The van der Waals surface area contributed by atoms with Gasteiger partial charge in [-0.15, -0.1) is 0 Å². The summed E-state index contributed by atoms with van der Waals surface area (Å²) in [6.45, 7) is 0. The van der Waals surface area contributed by atoms with Gasteiger partial charge in [0.2, 0.25) is 0 Å². The lowest BCUT2D eigenvalue weighted by atomic mass is 9.80. The van der Waals surface area contributed by atoms with Crippen LogP contribution < -0.4 is 0 Å². The minimum atomic E-state index is -4.93. The van der Waals surface area contributed by atoms with E-state index in [1.807, 2.05) is 0 Å². The van der Waals surface area contributed by atoms with Gasteiger partial charge < -0.3 is 14.9 Å². The third-order valence-electron chi connectivity index (χ3n) is 5.19. The summed E-state index contributed by atoms with van der Waals surface area (Å²) in [6, 6.07) is 9.12. The van der Waals surface area contributed by atoms with E-state index in [0.29, 0.717) is 8.95 Å². The maximum atomic E-state index is 13.0. The summed E-state index contributed by atoms with van der Waals surface area (Å²) in [6.07, 6.45) is 0. The van der Waals surface area contributed by atoms with E-state index < -0.39 is 53.1 Å². The summed E-state index contributed by atoms with van der Waals surface area (Å²) >= 11 is 6.60. The number of benzene rings is 3. The number of carbonyl (C=O) groups is 1. The minimum Gasteiger partial charge on any atom is -0.506 e. The quantitative estimate of drug-likeness (QED) is 0.245. The van der Waals surface area contributed by atoms with Crippen molar-refractivity contribution in [2.45, 2.75) is 15.4 Å². The van der Waals surface area contributed by atoms with E-state index in [9.17, 15) is 40.9 Å². The van der Waals surface area contributed by atoms with Crippen molar-refractivity contribution in [2.24, 2.45) is 0 Å². The first-order valence-electron chi connectivity index (χ1n) is 9.01. The molecule has 3 aromatic carbocycles. The van der Waals surface area contributed by atoms with Crippen LogP contribution in [0.2, 0.25) is 0 Å². The maximum absolute atomic E-state index is 13.0. The Kier molecular flexibility index (Phi) is 5.82. The molecule has 4 rings (SSSR count). The van der Waals surface area contributed by atoms with Crippen molar-refractivity contribution in [3.05, 3.63) is 79.7 Å². The molecule has 0 amide bonds. The molecule has 34 heavy (non-hydrogen) atoms. The van der Waals surface area contributed by atoms with Crippen LogP contribution in [0.4, 0.5) is 0 Å². The molecule has 0 aliphatic carbocycles. The fourth-order valence-electron chi connectivity index (χ4n) is 3.79. The average Bonchev–Trinajstić information content (AvgIpc) is 3.05. The van der Waals surface area contributed by atoms with Crippen molar-refractivity contribution in [1.29, 1.82) is 0 Å². The van der Waals surface area contributed by atoms with Crippen LogP contribution in [0.1, 0.15) is 27.0 Å². The van der Waals surface area contributed by atoms with Gasteiger partial charge in [0.15, 0.2) is 5.60 Å². The molecule has 0 aromatic heterocycles. The highest BCUT2D eigenvalue weighted by atomic mass is 79.9. The van der Waals surface area contributed by atoms with Gasteiger partial charge in [-0.2, -0.15) is 16.8 Å².